The molecule has 0 aliphatic carbocycles. The van der Waals surface area contributed by atoms with Crippen molar-refractivity contribution >= 4 is 19.8 Å². The second-order valence-corrected chi connectivity index (χ2v) is 16.2. The molecule has 3 atom stereocenters. The highest BCUT2D eigenvalue weighted by molar-refractivity contribution is 7.47. The van der Waals surface area contributed by atoms with Gasteiger partial charge < -0.3 is 24.6 Å². The maximum Gasteiger partial charge on any atom is 0.472 e. The van der Waals surface area contributed by atoms with Gasteiger partial charge in [-0.15, -0.1) is 0 Å². The molecule has 0 heterocycles. The zero-order valence-electron chi connectivity index (χ0n) is 34.9. The molecule has 11 heteroatoms. The van der Waals surface area contributed by atoms with Gasteiger partial charge in [0, 0.05) is 12.8 Å². The van der Waals surface area contributed by atoms with E-state index >= 15 is 0 Å². The van der Waals surface area contributed by atoms with Crippen LogP contribution in [-0.2, 0) is 32.7 Å². The summed E-state index contributed by atoms with van der Waals surface area (Å²) < 4.78 is 32.7. The van der Waals surface area contributed by atoms with Crippen molar-refractivity contribution in [1.82, 2.24) is 0 Å². The minimum atomic E-state index is -4.62. The van der Waals surface area contributed by atoms with Crippen LogP contribution in [0.15, 0.2) is 36.5 Å². The van der Waals surface area contributed by atoms with Crippen LogP contribution < -0.4 is 0 Å². The van der Waals surface area contributed by atoms with Crippen LogP contribution in [0, 0.1) is 0 Å². The molecule has 0 aliphatic heterocycles. The van der Waals surface area contributed by atoms with Gasteiger partial charge in [-0.3, -0.25) is 18.6 Å². The quantitative estimate of drug-likeness (QED) is 0.0236. The molecule has 1 unspecified atom stereocenters. The zero-order valence-corrected chi connectivity index (χ0v) is 35.8. The fourth-order valence-electron chi connectivity index (χ4n) is 5.89. The summed E-state index contributed by atoms with van der Waals surface area (Å²) in [5, 5.41) is 18.3. The smallest absolute Gasteiger partial charge is 0.462 e. The highest BCUT2D eigenvalue weighted by Gasteiger charge is 2.27. The van der Waals surface area contributed by atoms with Crippen LogP contribution in [0.2, 0.25) is 0 Å². The van der Waals surface area contributed by atoms with Crippen molar-refractivity contribution in [2.45, 2.75) is 206 Å². The summed E-state index contributed by atoms with van der Waals surface area (Å²) in [7, 11) is -4.62. The molecule has 10 nitrogen and oxygen atoms in total. The molecule has 0 aliphatic rings. The van der Waals surface area contributed by atoms with Crippen LogP contribution >= 0.6 is 7.82 Å². The Kier molecular flexibility index (Phi) is 39.1. The Bertz CT molecular complexity index is 1010. The fraction of sp³-hybridized carbons (Fsp3) is 0.818. The van der Waals surface area contributed by atoms with Crippen molar-refractivity contribution in [2.75, 3.05) is 26.4 Å². The van der Waals surface area contributed by atoms with E-state index in [9.17, 15) is 24.2 Å². The minimum absolute atomic E-state index is 0.172. The van der Waals surface area contributed by atoms with Gasteiger partial charge in [0.2, 0.25) is 0 Å². The fourth-order valence-corrected chi connectivity index (χ4v) is 6.68. The van der Waals surface area contributed by atoms with E-state index in [1.165, 1.54) is 109 Å². The lowest BCUT2D eigenvalue weighted by Gasteiger charge is -2.20. The number of carbonyl (C=O) groups excluding carboxylic acids is 2. The molecule has 55 heavy (non-hydrogen) atoms. The van der Waals surface area contributed by atoms with Gasteiger partial charge in [-0.2, -0.15) is 0 Å². The molecule has 0 saturated heterocycles. The van der Waals surface area contributed by atoms with Crippen LogP contribution in [0.4, 0.5) is 0 Å². The number of hydrogen-bond donors (Lipinski definition) is 3. The normalized spacial score (nSPS) is 14.2. The summed E-state index contributed by atoms with van der Waals surface area (Å²) >= 11 is 0. The SMILES string of the molecule is CCCCCCCC/C=C/C/C=C/C/C=C/CCCC(=O)OC[C@H](COP(=O)(O)OC[C@@H](O)CO)OC(=O)CCCCCCCCCCCCCCCCC. The molecule has 0 rings (SSSR count). The summed E-state index contributed by atoms with van der Waals surface area (Å²) in [4.78, 5) is 35.0. The Morgan fingerprint density at radius 1 is 0.545 bits per heavy atom. The average molecular weight is 801 g/mol. The molecule has 0 saturated carbocycles. The number of allylic oxidation sites excluding steroid dienone is 6. The van der Waals surface area contributed by atoms with Crippen molar-refractivity contribution in [3.63, 3.8) is 0 Å². The number of esters is 2. The lowest BCUT2D eigenvalue weighted by molar-refractivity contribution is -0.161. The lowest BCUT2D eigenvalue weighted by Crippen LogP contribution is -2.29. The van der Waals surface area contributed by atoms with Crippen molar-refractivity contribution in [1.29, 1.82) is 0 Å². The Morgan fingerprint density at radius 3 is 1.47 bits per heavy atom. The third-order valence-corrected chi connectivity index (χ3v) is 10.2. The van der Waals surface area contributed by atoms with Gasteiger partial charge in [-0.25, -0.2) is 4.57 Å². The molecule has 0 fully saturated rings. The molecule has 3 N–H and O–H groups in total. The highest BCUT2D eigenvalue weighted by atomic mass is 31.2. The summed E-state index contributed by atoms with van der Waals surface area (Å²) in [6.07, 6.45) is 41.2. The van der Waals surface area contributed by atoms with Crippen LogP contribution in [-0.4, -0.2) is 65.7 Å². The molecule has 0 aromatic rings. The summed E-state index contributed by atoms with van der Waals surface area (Å²) in [5.41, 5.74) is 0. The molecular weight excluding hydrogens is 719 g/mol. The second kappa shape index (κ2) is 40.4. The first kappa shape index (κ1) is 53.2. The van der Waals surface area contributed by atoms with Gasteiger partial charge in [0.05, 0.1) is 19.8 Å². The number of ether oxygens (including phenoxy) is 2. The topological polar surface area (TPSA) is 149 Å². The van der Waals surface area contributed by atoms with E-state index in [4.69, 9.17) is 19.1 Å². The molecule has 0 aromatic carbocycles. The van der Waals surface area contributed by atoms with Crippen LogP contribution in [0.25, 0.3) is 0 Å². The first-order valence-corrected chi connectivity index (χ1v) is 23.4. The zero-order chi connectivity index (χ0) is 40.5. The molecule has 0 spiro atoms. The monoisotopic (exact) mass is 801 g/mol. The van der Waals surface area contributed by atoms with Crippen LogP contribution in [0.5, 0.6) is 0 Å². The Morgan fingerprint density at radius 2 is 0.964 bits per heavy atom. The van der Waals surface area contributed by atoms with Gasteiger partial charge in [0.15, 0.2) is 6.10 Å². The number of unbranched alkanes of at least 4 members (excludes halogenated alkanes) is 21. The average Bonchev–Trinajstić information content (AvgIpc) is 3.17. The van der Waals surface area contributed by atoms with Gasteiger partial charge in [-0.1, -0.05) is 172 Å². The number of hydrogen-bond acceptors (Lipinski definition) is 9. The van der Waals surface area contributed by atoms with Gasteiger partial charge in [0.1, 0.15) is 12.7 Å². The number of phosphoric acid groups is 1. The van der Waals surface area contributed by atoms with Crippen molar-refractivity contribution in [3.05, 3.63) is 36.5 Å². The number of rotatable bonds is 41. The summed E-state index contributed by atoms with van der Waals surface area (Å²) in [6, 6.07) is 0. The lowest BCUT2D eigenvalue weighted by atomic mass is 10.0. The maximum absolute atomic E-state index is 12.6. The van der Waals surface area contributed by atoms with E-state index in [-0.39, 0.29) is 19.4 Å². The number of carbonyl (C=O) groups is 2. The van der Waals surface area contributed by atoms with Gasteiger partial charge in [0.25, 0.3) is 0 Å². The molecule has 0 bridgehead atoms. The van der Waals surface area contributed by atoms with E-state index in [0.717, 1.165) is 38.5 Å². The summed E-state index contributed by atoms with van der Waals surface area (Å²) in [6.45, 7) is 2.33. The van der Waals surface area contributed by atoms with E-state index in [1.807, 2.05) is 6.08 Å². The largest absolute Gasteiger partial charge is 0.472 e. The van der Waals surface area contributed by atoms with E-state index in [0.29, 0.717) is 19.3 Å². The summed E-state index contributed by atoms with van der Waals surface area (Å²) in [5.74, 6) is -0.980. The number of phosphoric ester groups is 1. The van der Waals surface area contributed by atoms with E-state index in [2.05, 4.69) is 48.8 Å². The minimum Gasteiger partial charge on any atom is -0.462 e. The Balaban J connectivity index is 4.36. The van der Waals surface area contributed by atoms with Crippen molar-refractivity contribution in [2.24, 2.45) is 0 Å². The number of aliphatic hydroxyl groups is 2. The van der Waals surface area contributed by atoms with Crippen LogP contribution in [0.1, 0.15) is 194 Å². The molecule has 0 amide bonds. The molecule has 0 radical (unpaired) electrons. The Hall–Kier alpha value is -1.81. The first-order chi connectivity index (χ1) is 26.7. The van der Waals surface area contributed by atoms with Gasteiger partial charge in [-0.05, 0) is 44.9 Å². The predicted octanol–water partition coefficient (Wildman–Crippen LogP) is 11.6. The Labute approximate surface area is 335 Å². The first-order valence-electron chi connectivity index (χ1n) is 21.9. The molecule has 0 aromatic heterocycles. The van der Waals surface area contributed by atoms with Gasteiger partial charge >= 0.3 is 19.8 Å². The van der Waals surface area contributed by atoms with Crippen molar-refractivity contribution in [3.8, 4) is 0 Å². The second-order valence-electron chi connectivity index (χ2n) is 14.7. The maximum atomic E-state index is 12.6. The van der Waals surface area contributed by atoms with E-state index in [1.54, 1.807) is 0 Å². The third-order valence-electron chi connectivity index (χ3n) is 9.30. The predicted molar refractivity (Wildman–Crippen MR) is 224 cm³/mol. The van der Waals surface area contributed by atoms with Crippen molar-refractivity contribution < 1.29 is 47.8 Å². The molecular formula is C44H81O10P. The molecule has 322 valence electrons. The number of aliphatic hydroxyl groups excluding tert-OH is 2. The van der Waals surface area contributed by atoms with Crippen LogP contribution in [0.3, 0.4) is 0 Å². The standard InChI is InChI=1S/C44H81O10P/c1-3-5-7-9-11-13-15-17-19-20-22-23-25-27-29-31-33-35-43(47)51-39-42(40-53-55(49,50)52-38-41(46)37-45)54-44(48)36-34-32-30-28-26-24-21-18-16-14-12-10-8-6-4-2/h17,19,22-23,27,29,41-42,45-46H,3-16,18,20-21,24-26,28,30-40H2,1-2H3,(H,49,50)/b19-17+,23-22+,29-27+/t41-,42+/m0/s1. The highest BCUT2D eigenvalue weighted by Crippen LogP contribution is 2.43. The third kappa shape index (κ3) is 40.2. The van der Waals surface area contributed by atoms with E-state index < -0.39 is 51.8 Å².